The van der Waals surface area contributed by atoms with Crippen molar-refractivity contribution in [1.82, 2.24) is 0 Å². The Kier molecular flexibility index (Phi) is 2.77. The zero-order chi connectivity index (χ0) is 9.42. The molecule has 0 aliphatic heterocycles. The van der Waals surface area contributed by atoms with Gasteiger partial charge in [-0.3, -0.25) is 0 Å². The molecule has 2 rings (SSSR count). The number of hydrogen-bond acceptors (Lipinski definition) is 1. The summed E-state index contributed by atoms with van der Waals surface area (Å²) >= 11 is 16.4. The van der Waals surface area contributed by atoms with Crippen LogP contribution >= 0.6 is 35.8 Å². The van der Waals surface area contributed by atoms with Gasteiger partial charge in [-0.2, -0.15) is 12.6 Å². The van der Waals surface area contributed by atoms with Crippen molar-refractivity contribution in [3.8, 4) is 0 Å². The summed E-state index contributed by atoms with van der Waals surface area (Å²) in [5.74, 6) is 0. The van der Waals surface area contributed by atoms with Crippen LogP contribution in [0.2, 0.25) is 10.0 Å². The van der Waals surface area contributed by atoms with Crippen LogP contribution in [0.5, 0.6) is 0 Å². The van der Waals surface area contributed by atoms with Gasteiger partial charge in [-0.15, -0.1) is 0 Å². The number of fused-ring (bicyclic) bond motifs is 1. The third kappa shape index (κ3) is 1.83. The van der Waals surface area contributed by atoms with Crippen molar-refractivity contribution in [2.45, 2.75) is 24.5 Å². The second kappa shape index (κ2) is 3.72. The highest BCUT2D eigenvalue weighted by atomic mass is 35.5. The molecule has 1 atom stereocenters. The lowest BCUT2D eigenvalue weighted by molar-refractivity contribution is 0.677. The molecule has 70 valence electrons. The van der Waals surface area contributed by atoms with Gasteiger partial charge >= 0.3 is 0 Å². The highest BCUT2D eigenvalue weighted by Gasteiger charge is 2.18. The van der Waals surface area contributed by atoms with Crippen LogP contribution in [-0.2, 0) is 6.42 Å². The first-order valence-corrected chi connectivity index (χ1v) is 5.61. The van der Waals surface area contributed by atoms with E-state index in [0.29, 0.717) is 15.3 Å². The Morgan fingerprint density at radius 3 is 2.69 bits per heavy atom. The smallest absolute Gasteiger partial charge is 0.0595 e. The van der Waals surface area contributed by atoms with E-state index in [9.17, 15) is 0 Å². The lowest BCUT2D eigenvalue weighted by atomic mass is 9.91. The van der Waals surface area contributed by atoms with Crippen molar-refractivity contribution in [2.75, 3.05) is 0 Å². The van der Waals surface area contributed by atoms with Crippen LogP contribution in [0, 0.1) is 0 Å². The SMILES string of the molecule is SC1CCCc2cc(Cl)c(Cl)cc21. The topological polar surface area (TPSA) is 0 Å². The molecule has 0 spiro atoms. The maximum Gasteiger partial charge on any atom is 0.0595 e. The largest absolute Gasteiger partial charge is 0.171 e. The van der Waals surface area contributed by atoms with E-state index in [4.69, 9.17) is 23.2 Å². The predicted molar refractivity (Wildman–Crippen MR) is 61.1 cm³/mol. The Bertz CT molecular complexity index is 336. The summed E-state index contributed by atoms with van der Waals surface area (Å²) in [6.45, 7) is 0. The molecule has 1 aromatic rings. The Hall–Kier alpha value is 0.150. The van der Waals surface area contributed by atoms with Crippen LogP contribution in [0.25, 0.3) is 0 Å². The first-order chi connectivity index (χ1) is 6.18. The van der Waals surface area contributed by atoms with Crippen molar-refractivity contribution < 1.29 is 0 Å². The number of thiol groups is 1. The van der Waals surface area contributed by atoms with E-state index >= 15 is 0 Å². The average molecular weight is 233 g/mol. The Labute approximate surface area is 93.6 Å². The molecular weight excluding hydrogens is 223 g/mol. The molecule has 0 radical (unpaired) electrons. The van der Waals surface area contributed by atoms with Crippen LogP contribution in [0.4, 0.5) is 0 Å². The number of halogens is 2. The fraction of sp³-hybridized carbons (Fsp3) is 0.400. The second-order valence-corrected chi connectivity index (χ2v) is 4.81. The predicted octanol–water partition coefficient (Wildman–Crippen LogP) is 4.30. The maximum atomic E-state index is 5.95. The highest BCUT2D eigenvalue weighted by Crippen LogP contribution is 2.38. The maximum absolute atomic E-state index is 5.95. The summed E-state index contributed by atoms with van der Waals surface area (Å²) in [7, 11) is 0. The molecule has 13 heavy (non-hydrogen) atoms. The summed E-state index contributed by atoms with van der Waals surface area (Å²) in [4.78, 5) is 0. The van der Waals surface area contributed by atoms with Gasteiger partial charge in [0.05, 0.1) is 10.0 Å². The minimum atomic E-state index is 0.332. The molecule has 3 heteroatoms. The number of rotatable bonds is 0. The Balaban J connectivity index is 2.52. The van der Waals surface area contributed by atoms with Crippen LogP contribution < -0.4 is 0 Å². The van der Waals surface area contributed by atoms with E-state index in [1.807, 2.05) is 12.1 Å². The van der Waals surface area contributed by atoms with Gasteiger partial charge in [0.1, 0.15) is 0 Å². The summed E-state index contributed by atoms with van der Waals surface area (Å²) in [5, 5.41) is 1.63. The average Bonchev–Trinajstić information content (AvgIpc) is 2.09. The summed E-state index contributed by atoms with van der Waals surface area (Å²) in [6, 6.07) is 3.93. The molecule has 0 amide bonds. The van der Waals surface area contributed by atoms with Crippen molar-refractivity contribution in [2.24, 2.45) is 0 Å². The fourth-order valence-corrected chi connectivity index (χ4v) is 2.55. The number of benzene rings is 1. The summed E-state index contributed by atoms with van der Waals surface area (Å²) < 4.78 is 0. The van der Waals surface area contributed by atoms with Crippen molar-refractivity contribution >= 4 is 35.8 Å². The number of hydrogen-bond donors (Lipinski definition) is 1. The van der Waals surface area contributed by atoms with E-state index < -0.39 is 0 Å². The first kappa shape index (κ1) is 9.70. The molecule has 0 nitrogen and oxygen atoms in total. The minimum Gasteiger partial charge on any atom is -0.171 e. The van der Waals surface area contributed by atoms with E-state index in [1.54, 1.807) is 0 Å². The summed E-state index contributed by atoms with van der Waals surface area (Å²) in [6.07, 6.45) is 3.43. The van der Waals surface area contributed by atoms with Crippen molar-refractivity contribution in [3.05, 3.63) is 33.3 Å². The molecular formula is C10H10Cl2S. The monoisotopic (exact) mass is 232 g/mol. The van der Waals surface area contributed by atoms with Gasteiger partial charge in [0.15, 0.2) is 0 Å². The quantitative estimate of drug-likeness (QED) is 0.634. The molecule has 0 N–H and O–H groups in total. The molecule has 0 fully saturated rings. The van der Waals surface area contributed by atoms with E-state index in [0.717, 1.165) is 12.8 Å². The number of aryl methyl sites for hydroxylation is 1. The Morgan fingerprint density at radius 1 is 1.23 bits per heavy atom. The standard InChI is InChI=1S/C10H10Cl2S/c11-8-4-6-2-1-3-10(13)7(6)5-9(8)12/h4-5,10,13H,1-3H2. The Morgan fingerprint density at radius 2 is 1.92 bits per heavy atom. The van der Waals surface area contributed by atoms with E-state index in [1.165, 1.54) is 17.5 Å². The van der Waals surface area contributed by atoms with Crippen LogP contribution in [-0.4, -0.2) is 0 Å². The fourth-order valence-electron chi connectivity index (χ4n) is 1.77. The third-order valence-electron chi connectivity index (χ3n) is 2.46. The van der Waals surface area contributed by atoms with Gasteiger partial charge in [-0.1, -0.05) is 23.2 Å². The van der Waals surface area contributed by atoms with Crippen LogP contribution in [0.15, 0.2) is 12.1 Å². The highest BCUT2D eigenvalue weighted by molar-refractivity contribution is 7.80. The van der Waals surface area contributed by atoms with Gasteiger partial charge in [0.2, 0.25) is 0 Å². The molecule has 0 aromatic heterocycles. The van der Waals surface area contributed by atoms with Crippen molar-refractivity contribution in [3.63, 3.8) is 0 Å². The lowest BCUT2D eigenvalue weighted by Crippen LogP contribution is -2.05. The molecule has 1 unspecified atom stereocenters. The van der Waals surface area contributed by atoms with Crippen molar-refractivity contribution in [1.29, 1.82) is 0 Å². The normalized spacial score (nSPS) is 21.3. The van der Waals surface area contributed by atoms with Crippen LogP contribution in [0.3, 0.4) is 0 Å². The van der Waals surface area contributed by atoms with Crippen LogP contribution in [0.1, 0.15) is 29.2 Å². The van der Waals surface area contributed by atoms with E-state index in [2.05, 4.69) is 12.6 Å². The van der Waals surface area contributed by atoms with Gasteiger partial charge < -0.3 is 0 Å². The zero-order valence-corrected chi connectivity index (χ0v) is 9.46. The van der Waals surface area contributed by atoms with Gasteiger partial charge in [0.25, 0.3) is 0 Å². The summed E-state index contributed by atoms with van der Waals surface area (Å²) in [5.41, 5.74) is 2.56. The van der Waals surface area contributed by atoms with Gasteiger partial charge in [-0.25, -0.2) is 0 Å². The zero-order valence-electron chi connectivity index (χ0n) is 7.06. The second-order valence-electron chi connectivity index (χ2n) is 3.37. The minimum absolute atomic E-state index is 0.332. The molecule has 1 aliphatic carbocycles. The third-order valence-corrected chi connectivity index (χ3v) is 3.72. The molecule has 0 saturated heterocycles. The molecule has 1 aliphatic rings. The lowest BCUT2D eigenvalue weighted by Gasteiger charge is -2.22. The van der Waals surface area contributed by atoms with Gasteiger partial charge in [0, 0.05) is 5.25 Å². The van der Waals surface area contributed by atoms with Gasteiger partial charge in [-0.05, 0) is 42.5 Å². The molecule has 1 aromatic carbocycles. The molecule has 0 heterocycles. The first-order valence-electron chi connectivity index (χ1n) is 4.34. The molecule has 0 bridgehead atoms. The molecule has 0 saturated carbocycles. The van der Waals surface area contributed by atoms with E-state index in [-0.39, 0.29) is 0 Å².